The number of rotatable bonds is 7. The molecule has 30 heavy (non-hydrogen) atoms. The Morgan fingerprint density at radius 1 is 1.10 bits per heavy atom. The fourth-order valence-corrected chi connectivity index (χ4v) is 4.31. The first-order chi connectivity index (χ1) is 14.4. The minimum absolute atomic E-state index is 0.0566. The highest BCUT2D eigenvalue weighted by atomic mass is 35.5. The largest absolute Gasteiger partial charge is 0.271 e. The molecule has 1 N–H and O–H groups in total. The number of hydrazone groups is 1. The van der Waals surface area contributed by atoms with Crippen LogP contribution in [0.4, 0.5) is 5.69 Å². The number of benzene rings is 2. The van der Waals surface area contributed by atoms with Gasteiger partial charge in [0.15, 0.2) is 0 Å². The van der Waals surface area contributed by atoms with Crippen LogP contribution in [0, 0.1) is 6.92 Å². The third-order valence-corrected chi connectivity index (χ3v) is 6.22. The molecule has 154 valence electrons. The summed E-state index contributed by atoms with van der Waals surface area (Å²) in [6.07, 6.45) is 4.63. The first-order valence-electron chi connectivity index (χ1n) is 8.94. The van der Waals surface area contributed by atoms with Crippen molar-refractivity contribution in [3.05, 3.63) is 89.2 Å². The Kier molecular flexibility index (Phi) is 6.81. The normalized spacial score (nSPS) is 11.4. The van der Waals surface area contributed by atoms with Gasteiger partial charge in [0, 0.05) is 12.4 Å². The summed E-state index contributed by atoms with van der Waals surface area (Å²) in [6.45, 7) is 1.37. The summed E-state index contributed by atoms with van der Waals surface area (Å²) in [4.78, 5) is 16.4. The maximum atomic E-state index is 13.3. The number of aryl methyl sites for hydroxylation is 1. The van der Waals surface area contributed by atoms with E-state index >= 15 is 0 Å². The SMILES string of the molecule is Cc1ccc(S(=O)(=O)N(CC(=O)N/N=C\c2ccncc2)c2ccccc2Cl)cc1. The van der Waals surface area contributed by atoms with E-state index in [1.807, 2.05) is 6.92 Å². The maximum Gasteiger partial charge on any atom is 0.264 e. The Morgan fingerprint density at radius 3 is 2.43 bits per heavy atom. The van der Waals surface area contributed by atoms with Crippen LogP contribution in [-0.2, 0) is 14.8 Å². The van der Waals surface area contributed by atoms with Gasteiger partial charge in [0.05, 0.1) is 21.8 Å². The summed E-state index contributed by atoms with van der Waals surface area (Å²) < 4.78 is 27.5. The van der Waals surface area contributed by atoms with Gasteiger partial charge in [0.1, 0.15) is 6.54 Å². The van der Waals surface area contributed by atoms with Crippen LogP contribution in [0.2, 0.25) is 5.02 Å². The van der Waals surface area contributed by atoms with Gasteiger partial charge in [0.25, 0.3) is 15.9 Å². The molecule has 0 saturated carbocycles. The standard InChI is InChI=1S/C21H19ClN4O3S/c1-16-6-8-18(9-7-16)30(28,29)26(20-5-3-2-4-19(20)22)15-21(27)25-24-14-17-10-12-23-13-11-17/h2-14H,15H2,1H3,(H,25,27)/b24-14-. The Labute approximate surface area is 180 Å². The number of aromatic nitrogens is 1. The molecule has 0 aliphatic carbocycles. The van der Waals surface area contributed by atoms with Gasteiger partial charge in [-0.05, 0) is 48.9 Å². The summed E-state index contributed by atoms with van der Waals surface area (Å²) in [5.41, 5.74) is 4.20. The number of pyridine rings is 1. The molecule has 1 aromatic heterocycles. The number of amides is 1. The van der Waals surface area contributed by atoms with Gasteiger partial charge < -0.3 is 0 Å². The van der Waals surface area contributed by atoms with Crippen molar-refractivity contribution in [1.82, 2.24) is 10.4 Å². The molecule has 0 unspecified atom stereocenters. The van der Waals surface area contributed by atoms with Gasteiger partial charge in [-0.3, -0.25) is 14.1 Å². The molecule has 1 amide bonds. The molecule has 0 radical (unpaired) electrons. The van der Waals surface area contributed by atoms with Gasteiger partial charge >= 0.3 is 0 Å². The molecule has 0 aliphatic rings. The fraction of sp³-hybridized carbons (Fsp3) is 0.0952. The molecule has 0 bridgehead atoms. The Bertz CT molecular complexity index is 1150. The first-order valence-corrected chi connectivity index (χ1v) is 10.8. The zero-order valence-corrected chi connectivity index (χ0v) is 17.6. The lowest BCUT2D eigenvalue weighted by atomic mass is 10.2. The number of sulfonamides is 1. The van der Waals surface area contributed by atoms with E-state index in [2.05, 4.69) is 15.5 Å². The van der Waals surface area contributed by atoms with Gasteiger partial charge in [0.2, 0.25) is 0 Å². The molecule has 9 heteroatoms. The number of carbonyl (C=O) groups is 1. The molecule has 0 saturated heterocycles. The highest BCUT2D eigenvalue weighted by molar-refractivity contribution is 7.92. The minimum atomic E-state index is -4.04. The molecule has 0 atom stereocenters. The lowest BCUT2D eigenvalue weighted by Gasteiger charge is -2.24. The summed E-state index contributed by atoms with van der Waals surface area (Å²) in [5, 5.41) is 4.08. The van der Waals surface area contributed by atoms with Crippen LogP contribution >= 0.6 is 11.6 Å². The Hall–Kier alpha value is -3.23. The maximum absolute atomic E-state index is 13.3. The van der Waals surface area contributed by atoms with E-state index < -0.39 is 22.5 Å². The van der Waals surface area contributed by atoms with Crippen molar-refractivity contribution in [3.63, 3.8) is 0 Å². The van der Waals surface area contributed by atoms with Crippen LogP contribution in [-0.4, -0.2) is 32.1 Å². The van der Waals surface area contributed by atoms with E-state index in [-0.39, 0.29) is 15.6 Å². The molecular formula is C21H19ClN4O3S. The van der Waals surface area contributed by atoms with Crippen LogP contribution in [0.3, 0.4) is 0 Å². The average Bonchev–Trinajstić information content (AvgIpc) is 2.74. The van der Waals surface area contributed by atoms with E-state index in [9.17, 15) is 13.2 Å². The molecule has 1 heterocycles. The van der Waals surface area contributed by atoms with Crippen molar-refractivity contribution >= 4 is 39.4 Å². The van der Waals surface area contributed by atoms with Crippen LogP contribution in [0.15, 0.2) is 83.1 Å². The topological polar surface area (TPSA) is 91.7 Å². The van der Waals surface area contributed by atoms with Crippen molar-refractivity contribution in [2.45, 2.75) is 11.8 Å². The van der Waals surface area contributed by atoms with Crippen molar-refractivity contribution in [2.24, 2.45) is 5.10 Å². The average molecular weight is 443 g/mol. The zero-order valence-electron chi connectivity index (χ0n) is 16.1. The van der Waals surface area contributed by atoms with E-state index in [1.54, 1.807) is 60.9 Å². The Balaban J connectivity index is 1.87. The van der Waals surface area contributed by atoms with Crippen LogP contribution in [0.1, 0.15) is 11.1 Å². The number of nitrogens with zero attached hydrogens (tertiary/aromatic N) is 3. The minimum Gasteiger partial charge on any atom is -0.271 e. The fourth-order valence-electron chi connectivity index (χ4n) is 2.59. The van der Waals surface area contributed by atoms with E-state index in [4.69, 9.17) is 11.6 Å². The number of anilines is 1. The quantitative estimate of drug-likeness (QED) is 0.448. The van der Waals surface area contributed by atoms with E-state index in [0.717, 1.165) is 15.4 Å². The van der Waals surface area contributed by atoms with Crippen molar-refractivity contribution in [3.8, 4) is 0 Å². The number of nitrogens with one attached hydrogen (secondary N) is 1. The molecular weight excluding hydrogens is 424 g/mol. The molecule has 0 spiro atoms. The second-order valence-electron chi connectivity index (χ2n) is 6.35. The molecule has 2 aromatic carbocycles. The predicted octanol–water partition coefficient (Wildman–Crippen LogP) is 3.39. The van der Waals surface area contributed by atoms with Gasteiger partial charge in [-0.1, -0.05) is 41.4 Å². The molecule has 3 rings (SSSR count). The third-order valence-electron chi connectivity index (χ3n) is 4.13. The summed E-state index contributed by atoms with van der Waals surface area (Å²) >= 11 is 6.23. The summed E-state index contributed by atoms with van der Waals surface area (Å²) in [5.74, 6) is -0.615. The van der Waals surface area contributed by atoms with Crippen LogP contribution in [0.5, 0.6) is 0 Å². The number of carbonyl (C=O) groups excluding carboxylic acids is 1. The Morgan fingerprint density at radius 2 is 1.77 bits per heavy atom. The number of hydrogen-bond acceptors (Lipinski definition) is 5. The van der Waals surface area contributed by atoms with Crippen molar-refractivity contribution in [1.29, 1.82) is 0 Å². The van der Waals surface area contributed by atoms with Crippen LogP contribution < -0.4 is 9.73 Å². The third kappa shape index (κ3) is 5.22. The first kappa shape index (κ1) is 21.5. The molecule has 0 fully saturated rings. The van der Waals surface area contributed by atoms with Crippen molar-refractivity contribution < 1.29 is 13.2 Å². The number of halogens is 1. The lowest BCUT2D eigenvalue weighted by molar-refractivity contribution is -0.119. The second-order valence-corrected chi connectivity index (χ2v) is 8.62. The number of para-hydroxylation sites is 1. The summed E-state index contributed by atoms with van der Waals surface area (Å²) in [6, 6.07) is 16.2. The second kappa shape index (κ2) is 9.51. The van der Waals surface area contributed by atoms with Gasteiger partial charge in [-0.15, -0.1) is 0 Å². The van der Waals surface area contributed by atoms with Gasteiger partial charge in [-0.2, -0.15) is 5.10 Å². The van der Waals surface area contributed by atoms with Gasteiger partial charge in [-0.25, -0.2) is 13.8 Å². The highest BCUT2D eigenvalue weighted by Crippen LogP contribution is 2.30. The molecule has 3 aromatic rings. The predicted molar refractivity (Wildman–Crippen MR) is 117 cm³/mol. The van der Waals surface area contributed by atoms with Crippen LogP contribution in [0.25, 0.3) is 0 Å². The molecule has 0 aliphatic heterocycles. The zero-order chi connectivity index (χ0) is 21.6. The highest BCUT2D eigenvalue weighted by Gasteiger charge is 2.28. The smallest absolute Gasteiger partial charge is 0.264 e. The lowest BCUT2D eigenvalue weighted by Crippen LogP contribution is -2.39. The van der Waals surface area contributed by atoms with E-state index in [1.165, 1.54) is 18.3 Å². The summed E-state index contributed by atoms with van der Waals surface area (Å²) in [7, 11) is -4.04. The van der Waals surface area contributed by atoms with Crippen molar-refractivity contribution in [2.75, 3.05) is 10.8 Å². The van der Waals surface area contributed by atoms with E-state index in [0.29, 0.717) is 0 Å². The monoisotopic (exact) mass is 442 g/mol. The number of hydrogen-bond donors (Lipinski definition) is 1. The molecule has 7 nitrogen and oxygen atoms in total.